The Bertz CT molecular complexity index is 415. The largest absolute Gasteiger partial charge is 0.355 e. The van der Waals surface area contributed by atoms with Crippen LogP contribution in [0, 0.1) is 0 Å². The Morgan fingerprint density at radius 1 is 0.571 bits per heavy atom. The minimum Gasteiger partial charge on any atom is -0.355 e. The van der Waals surface area contributed by atoms with Gasteiger partial charge in [-0.05, 0) is 19.9 Å². The maximum absolute atomic E-state index is 11.2. The van der Waals surface area contributed by atoms with Crippen LogP contribution in [0.25, 0.3) is 0 Å². The third-order valence-corrected chi connectivity index (χ3v) is 4.14. The summed E-state index contributed by atoms with van der Waals surface area (Å²) in [7, 11) is 0. The standard InChI is InChI=1S/C19H37N5O4/c1-16(25)6-5-10-23(11-7-20-17(2)26)14-15-24(12-8-21-18(3)27)13-9-22-19(4)28/h5-15H2,1-4H3,(H,20,26)(H,21,27)(H,22,28). The van der Waals surface area contributed by atoms with E-state index in [2.05, 4.69) is 25.8 Å². The number of carbonyl (C=O) groups is 4. The van der Waals surface area contributed by atoms with Gasteiger partial charge in [0.2, 0.25) is 17.7 Å². The summed E-state index contributed by atoms with van der Waals surface area (Å²) in [5, 5.41) is 8.38. The summed E-state index contributed by atoms with van der Waals surface area (Å²) >= 11 is 0. The summed E-state index contributed by atoms with van der Waals surface area (Å²) in [6.45, 7) is 12.1. The van der Waals surface area contributed by atoms with Gasteiger partial charge in [-0.3, -0.25) is 19.3 Å². The highest BCUT2D eigenvalue weighted by Gasteiger charge is 2.11. The van der Waals surface area contributed by atoms with Crippen molar-refractivity contribution >= 4 is 23.5 Å². The van der Waals surface area contributed by atoms with Crippen molar-refractivity contribution in [3.05, 3.63) is 0 Å². The molecule has 9 heteroatoms. The summed E-state index contributed by atoms with van der Waals surface area (Å²) in [5.74, 6) is -0.0177. The monoisotopic (exact) mass is 399 g/mol. The van der Waals surface area contributed by atoms with Gasteiger partial charge in [-0.1, -0.05) is 0 Å². The third-order valence-electron chi connectivity index (χ3n) is 4.14. The number of nitrogens with one attached hydrogen (secondary N) is 3. The van der Waals surface area contributed by atoms with Crippen LogP contribution in [-0.2, 0) is 19.2 Å². The van der Waals surface area contributed by atoms with E-state index in [0.717, 1.165) is 26.1 Å². The molecular formula is C19H37N5O4. The zero-order valence-corrected chi connectivity index (χ0v) is 17.8. The number of Topliss-reactive ketones (excluding diaryl/α,β-unsaturated/α-hetero) is 1. The molecule has 0 radical (unpaired) electrons. The fraction of sp³-hybridized carbons (Fsp3) is 0.789. The molecule has 0 aliphatic rings. The molecule has 3 N–H and O–H groups in total. The van der Waals surface area contributed by atoms with Crippen molar-refractivity contribution in [1.29, 1.82) is 0 Å². The van der Waals surface area contributed by atoms with Gasteiger partial charge in [-0.15, -0.1) is 0 Å². The molecule has 28 heavy (non-hydrogen) atoms. The Balaban J connectivity index is 4.57. The average Bonchev–Trinajstić information content (AvgIpc) is 2.57. The van der Waals surface area contributed by atoms with Crippen molar-refractivity contribution in [1.82, 2.24) is 25.8 Å². The van der Waals surface area contributed by atoms with E-state index in [0.29, 0.717) is 45.7 Å². The Morgan fingerprint density at radius 3 is 1.25 bits per heavy atom. The van der Waals surface area contributed by atoms with Crippen LogP contribution < -0.4 is 16.0 Å². The lowest BCUT2D eigenvalue weighted by atomic mass is 10.2. The Labute approximate surface area is 168 Å². The lowest BCUT2D eigenvalue weighted by Gasteiger charge is -2.28. The molecule has 3 amide bonds. The summed E-state index contributed by atoms with van der Waals surface area (Å²) in [4.78, 5) is 48.9. The molecule has 0 aromatic carbocycles. The molecule has 0 heterocycles. The highest BCUT2D eigenvalue weighted by atomic mass is 16.2. The minimum absolute atomic E-state index is 0.0593. The number of hydrogen-bond acceptors (Lipinski definition) is 6. The van der Waals surface area contributed by atoms with Crippen LogP contribution in [0.5, 0.6) is 0 Å². The fourth-order valence-corrected chi connectivity index (χ4v) is 2.68. The van der Waals surface area contributed by atoms with Crippen LogP contribution in [0.2, 0.25) is 0 Å². The van der Waals surface area contributed by atoms with Crippen LogP contribution in [0.4, 0.5) is 0 Å². The highest BCUT2D eigenvalue weighted by Crippen LogP contribution is 1.98. The van der Waals surface area contributed by atoms with Crippen LogP contribution in [0.15, 0.2) is 0 Å². The van der Waals surface area contributed by atoms with Crippen molar-refractivity contribution in [2.24, 2.45) is 0 Å². The van der Waals surface area contributed by atoms with E-state index in [-0.39, 0.29) is 23.5 Å². The molecular weight excluding hydrogens is 362 g/mol. The summed E-state index contributed by atoms with van der Waals surface area (Å²) < 4.78 is 0. The fourth-order valence-electron chi connectivity index (χ4n) is 2.68. The number of carbonyl (C=O) groups excluding carboxylic acids is 4. The summed E-state index contributed by atoms with van der Waals surface area (Å²) in [5.41, 5.74) is 0. The Kier molecular flexibility index (Phi) is 14.9. The van der Waals surface area contributed by atoms with E-state index >= 15 is 0 Å². The molecule has 0 saturated carbocycles. The van der Waals surface area contributed by atoms with Crippen molar-refractivity contribution in [2.75, 3.05) is 58.9 Å². The molecule has 0 saturated heterocycles. The van der Waals surface area contributed by atoms with Crippen LogP contribution in [0.1, 0.15) is 40.5 Å². The highest BCUT2D eigenvalue weighted by molar-refractivity contribution is 5.75. The third kappa shape index (κ3) is 17.4. The average molecular weight is 400 g/mol. The van der Waals surface area contributed by atoms with Crippen LogP contribution in [0.3, 0.4) is 0 Å². The first-order valence-corrected chi connectivity index (χ1v) is 9.88. The van der Waals surface area contributed by atoms with Gasteiger partial charge in [0.25, 0.3) is 0 Å². The molecule has 0 aliphatic carbocycles. The number of amides is 3. The molecule has 0 aliphatic heterocycles. The molecule has 0 spiro atoms. The maximum Gasteiger partial charge on any atom is 0.216 e. The predicted molar refractivity (Wildman–Crippen MR) is 109 cm³/mol. The normalized spacial score (nSPS) is 10.8. The first kappa shape index (κ1) is 26.0. The molecule has 0 bridgehead atoms. The van der Waals surface area contributed by atoms with Gasteiger partial charge in [0.1, 0.15) is 5.78 Å². The van der Waals surface area contributed by atoms with Gasteiger partial charge >= 0.3 is 0 Å². The number of rotatable bonds is 16. The zero-order chi connectivity index (χ0) is 21.4. The Morgan fingerprint density at radius 2 is 0.929 bits per heavy atom. The number of ketones is 1. The van der Waals surface area contributed by atoms with Gasteiger partial charge in [0, 0.05) is 79.6 Å². The molecule has 0 atom stereocenters. The maximum atomic E-state index is 11.2. The van der Waals surface area contributed by atoms with E-state index in [9.17, 15) is 19.2 Å². The van der Waals surface area contributed by atoms with Crippen molar-refractivity contribution in [2.45, 2.75) is 40.5 Å². The Hall–Kier alpha value is -2.00. The second kappa shape index (κ2) is 16.0. The van der Waals surface area contributed by atoms with Gasteiger partial charge in [0.15, 0.2) is 0 Å². The zero-order valence-electron chi connectivity index (χ0n) is 17.8. The lowest BCUT2D eigenvalue weighted by Crippen LogP contribution is -2.44. The van der Waals surface area contributed by atoms with Gasteiger partial charge in [-0.2, -0.15) is 0 Å². The van der Waals surface area contributed by atoms with Crippen LogP contribution in [-0.4, -0.2) is 92.2 Å². The molecule has 0 aromatic rings. The molecule has 0 fully saturated rings. The first-order chi connectivity index (χ1) is 13.2. The van der Waals surface area contributed by atoms with Gasteiger partial charge in [-0.25, -0.2) is 0 Å². The van der Waals surface area contributed by atoms with E-state index in [1.165, 1.54) is 20.8 Å². The van der Waals surface area contributed by atoms with Gasteiger partial charge in [0.05, 0.1) is 0 Å². The summed E-state index contributed by atoms with van der Waals surface area (Å²) in [6.07, 6.45) is 1.33. The number of hydrogen-bond donors (Lipinski definition) is 3. The van der Waals surface area contributed by atoms with Crippen molar-refractivity contribution in [3.8, 4) is 0 Å². The second-order valence-electron chi connectivity index (χ2n) is 6.94. The molecule has 9 nitrogen and oxygen atoms in total. The van der Waals surface area contributed by atoms with Crippen molar-refractivity contribution in [3.63, 3.8) is 0 Å². The second-order valence-corrected chi connectivity index (χ2v) is 6.94. The topological polar surface area (TPSA) is 111 Å². The molecule has 0 unspecified atom stereocenters. The van der Waals surface area contributed by atoms with Crippen LogP contribution >= 0.6 is 0 Å². The number of nitrogens with zero attached hydrogens (tertiary/aromatic N) is 2. The SMILES string of the molecule is CC(=O)CCCN(CCNC(C)=O)CCN(CCNC(C)=O)CCNC(C)=O. The molecule has 0 aromatic heterocycles. The van der Waals surface area contributed by atoms with Gasteiger partial charge < -0.3 is 25.6 Å². The van der Waals surface area contributed by atoms with Crippen molar-refractivity contribution < 1.29 is 19.2 Å². The minimum atomic E-state index is -0.0667. The predicted octanol–water partition coefficient (Wildman–Crippen LogP) is -0.632. The smallest absolute Gasteiger partial charge is 0.216 e. The molecule has 0 rings (SSSR count). The van der Waals surface area contributed by atoms with E-state index in [1.807, 2.05) is 0 Å². The van der Waals surface area contributed by atoms with E-state index < -0.39 is 0 Å². The van der Waals surface area contributed by atoms with E-state index in [1.54, 1.807) is 6.92 Å². The lowest BCUT2D eigenvalue weighted by molar-refractivity contribution is -0.120. The summed E-state index contributed by atoms with van der Waals surface area (Å²) in [6, 6.07) is 0. The van der Waals surface area contributed by atoms with E-state index in [4.69, 9.17) is 0 Å². The first-order valence-electron chi connectivity index (χ1n) is 9.88. The molecule has 162 valence electrons. The quantitative estimate of drug-likeness (QED) is 0.319.